The van der Waals surface area contributed by atoms with E-state index in [1.807, 2.05) is 54.7 Å². The fourth-order valence-electron chi connectivity index (χ4n) is 1.93. The Morgan fingerprint density at radius 1 is 1.05 bits per heavy atom. The molecule has 0 aliphatic rings. The van der Waals surface area contributed by atoms with Crippen LogP contribution in [0.2, 0.25) is 0 Å². The van der Waals surface area contributed by atoms with Gasteiger partial charge in [-0.1, -0.05) is 0 Å². The number of hydrogen-bond acceptors (Lipinski definition) is 1. The monoisotopic (exact) mass is 362 g/mol. The van der Waals surface area contributed by atoms with E-state index in [2.05, 4.69) is 32.9 Å². The minimum absolute atomic E-state index is 0.0932. The first kappa shape index (κ1) is 12.2. The van der Waals surface area contributed by atoms with Gasteiger partial charge in [0, 0.05) is 31.9 Å². The lowest BCUT2D eigenvalue weighted by Gasteiger charge is -2.05. The summed E-state index contributed by atoms with van der Waals surface area (Å²) in [5.74, 6) is -0.0932. The normalized spacial score (nSPS) is 10.6. The zero-order valence-electron chi connectivity index (χ0n) is 9.98. The summed E-state index contributed by atoms with van der Waals surface area (Å²) < 4.78 is 1.14. The average Bonchev–Trinajstić information content (AvgIpc) is 2.88. The van der Waals surface area contributed by atoms with Crippen molar-refractivity contribution in [2.75, 3.05) is 5.32 Å². The van der Waals surface area contributed by atoms with Gasteiger partial charge < -0.3 is 10.3 Å². The molecule has 3 rings (SSSR count). The zero-order valence-corrected chi connectivity index (χ0v) is 12.1. The first-order valence-electron chi connectivity index (χ1n) is 5.86. The summed E-state index contributed by atoms with van der Waals surface area (Å²) >= 11 is 2.23. The summed E-state index contributed by atoms with van der Waals surface area (Å²) in [7, 11) is 0. The van der Waals surface area contributed by atoms with Gasteiger partial charge >= 0.3 is 0 Å². The number of carbonyl (C=O) groups is 1. The predicted octanol–water partition coefficient (Wildman–Crippen LogP) is 4.02. The molecule has 3 aromatic rings. The van der Waals surface area contributed by atoms with Crippen LogP contribution in [0.25, 0.3) is 10.9 Å². The third kappa shape index (κ3) is 2.63. The van der Waals surface area contributed by atoms with Crippen molar-refractivity contribution < 1.29 is 4.79 Å². The maximum absolute atomic E-state index is 12.1. The molecule has 1 aromatic heterocycles. The van der Waals surface area contributed by atoms with Gasteiger partial charge in [0.05, 0.1) is 0 Å². The number of aromatic nitrogens is 1. The number of aromatic amines is 1. The second kappa shape index (κ2) is 5.05. The highest BCUT2D eigenvalue weighted by Crippen LogP contribution is 2.16. The first-order chi connectivity index (χ1) is 9.22. The van der Waals surface area contributed by atoms with Crippen LogP contribution in [0.5, 0.6) is 0 Å². The van der Waals surface area contributed by atoms with E-state index in [-0.39, 0.29) is 5.91 Å². The summed E-state index contributed by atoms with van der Waals surface area (Å²) in [6, 6.07) is 15.3. The van der Waals surface area contributed by atoms with Crippen LogP contribution in [0.3, 0.4) is 0 Å². The van der Waals surface area contributed by atoms with Gasteiger partial charge in [-0.2, -0.15) is 0 Å². The van der Waals surface area contributed by atoms with Crippen LogP contribution in [0.4, 0.5) is 5.69 Å². The summed E-state index contributed by atoms with van der Waals surface area (Å²) in [6.45, 7) is 0. The second-order valence-electron chi connectivity index (χ2n) is 4.24. The Morgan fingerprint density at radius 3 is 2.63 bits per heavy atom. The molecule has 0 fully saturated rings. The number of nitrogens with one attached hydrogen (secondary N) is 2. The standard InChI is InChI=1S/C15H11IN2O/c16-12-2-4-13(5-3-12)18-15(19)11-1-6-14-10(9-11)7-8-17-14/h1-9,17H,(H,18,19). The van der Waals surface area contributed by atoms with Gasteiger partial charge in [-0.25, -0.2) is 0 Å². The fraction of sp³-hybridized carbons (Fsp3) is 0. The van der Waals surface area contributed by atoms with Crippen molar-refractivity contribution in [3.05, 3.63) is 63.9 Å². The number of carbonyl (C=O) groups excluding carboxylic acids is 1. The van der Waals surface area contributed by atoms with Crippen molar-refractivity contribution in [2.24, 2.45) is 0 Å². The summed E-state index contributed by atoms with van der Waals surface area (Å²) in [5.41, 5.74) is 2.50. The van der Waals surface area contributed by atoms with Crippen LogP contribution in [-0.2, 0) is 0 Å². The van der Waals surface area contributed by atoms with E-state index < -0.39 is 0 Å². The molecule has 2 N–H and O–H groups in total. The molecule has 0 saturated heterocycles. The molecule has 1 heterocycles. The number of halogens is 1. The Kier molecular flexibility index (Phi) is 3.25. The van der Waals surface area contributed by atoms with E-state index in [0.717, 1.165) is 20.2 Å². The Hall–Kier alpha value is -1.82. The van der Waals surface area contributed by atoms with Gasteiger partial charge in [0.2, 0.25) is 0 Å². The van der Waals surface area contributed by atoms with Crippen molar-refractivity contribution in [2.45, 2.75) is 0 Å². The van der Waals surface area contributed by atoms with E-state index in [9.17, 15) is 4.79 Å². The number of hydrogen-bond donors (Lipinski definition) is 2. The van der Waals surface area contributed by atoms with Gasteiger partial charge in [-0.3, -0.25) is 4.79 Å². The van der Waals surface area contributed by atoms with Crippen LogP contribution >= 0.6 is 22.6 Å². The molecule has 2 aromatic carbocycles. The molecule has 19 heavy (non-hydrogen) atoms. The third-order valence-corrected chi connectivity index (χ3v) is 3.64. The Bertz CT molecular complexity index is 731. The van der Waals surface area contributed by atoms with Crippen LogP contribution < -0.4 is 5.32 Å². The summed E-state index contributed by atoms with van der Waals surface area (Å²) in [6.07, 6.45) is 1.87. The second-order valence-corrected chi connectivity index (χ2v) is 5.49. The summed E-state index contributed by atoms with van der Waals surface area (Å²) in [5, 5.41) is 3.93. The lowest BCUT2D eigenvalue weighted by Crippen LogP contribution is -2.11. The Balaban J connectivity index is 1.84. The van der Waals surface area contributed by atoms with E-state index in [1.165, 1.54) is 0 Å². The number of anilines is 1. The lowest BCUT2D eigenvalue weighted by molar-refractivity contribution is 0.102. The van der Waals surface area contributed by atoms with Gasteiger partial charge in [-0.15, -0.1) is 0 Å². The molecule has 0 spiro atoms. The largest absolute Gasteiger partial charge is 0.361 e. The maximum Gasteiger partial charge on any atom is 0.255 e. The van der Waals surface area contributed by atoms with Gasteiger partial charge in [0.25, 0.3) is 5.91 Å². The van der Waals surface area contributed by atoms with Crippen molar-refractivity contribution in [1.29, 1.82) is 0 Å². The molecule has 3 nitrogen and oxygen atoms in total. The Labute approximate surface area is 124 Å². The first-order valence-corrected chi connectivity index (χ1v) is 6.94. The number of amides is 1. The maximum atomic E-state index is 12.1. The quantitative estimate of drug-likeness (QED) is 0.665. The van der Waals surface area contributed by atoms with Crippen molar-refractivity contribution in [3.63, 3.8) is 0 Å². The predicted molar refractivity (Wildman–Crippen MR) is 85.4 cm³/mol. The lowest BCUT2D eigenvalue weighted by atomic mass is 10.1. The number of fused-ring (bicyclic) bond motifs is 1. The molecule has 0 aliphatic heterocycles. The van der Waals surface area contributed by atoms with E-state index in [1.54, 1.807) is 0 Å². The molecule has 94 valence electrons. The van der Waals surface area contributed by atoms with Crippen molar-refractivity contribution in [1.82, 2.24) is 4.98 Å². The van der Waals surface area contributed by atoms with E-state index in [4.69, 9.17) is 0 Å². The highest BCUT2D eigenvalue weighted by molar-refractivity contribution is 14.1. The van der Waals surface area contributed by atoms with Crippen molar-refractivity contribution >= 4 is 45.1 Å². The molecule has 0 radical (unpaired) electrons. The zero-order chi connectivity index (χ0) is 13.2. The summed E-state index contributed by atoms with van der Waals surface area (Å²) in [4.78, 5) is 15.3. The molecule has 0 atom stereocenters. The molecule has 4 heteroatoms. The smallest absolute Gasteiger partial charge is 0.255 e. The minimum Gasteiger partial charge on any atom is -0.361 e. The molecule has 0 saturated carbocycles. The number of H-pyrrole nitrogens is 1. The van der Waals surface area contributed by atoms with Crippen LogP contribution in [0, 0.1) is 3.57 Å². The molecule has 0 aliphatic carbocycles. The van der Waals surface area contributed by atoms with Crippen LogP contribution in [0.15, 0.2) is 54.7 Å². The van der Waals surface area contributed by atoms with Gasteiger partial charge in [0.1, 0.15) is 0 Å². The third-order valence-electron chi connectivity index (χ3n) is 2.92. The van der Waals surface area contributed by atoms with E-state index >= 15 is 0 Å². The SMILES string of the molecule is O=C(Nc1ccc(I)cc1)c1ccc2[nH]ccc2c1. The fourth-order valence-corrected chi connectivity index (χ4v) is 2.29. The molecule has 0 unspecified atom stereocenters. The topological polar surface area (TPSA) is 44.9 Å². The molecular weight excluding hydrogens is 351 g/mol. The average molecular weight is 362 g/mol. The minimum atomic E-state index is -0.0932. The van der Waals surface area contributed by atoms with Crippen LogP contribution in [-0.4, -0.2) is 10.9 Å². The molecule has 1 amide bonds. The Morgan fingerprint density at radius 2 is 1.84 bits per heavy atom. The van der Waals surface area contributed by atoms with Crippen molar-refractivity contribution in [3.8, 4) is 0 Å². The van der Waals surface area contributed by atoms with Gasteiger partial charge in [0.15, 0.2) is 0 Å². The van der Waals surface area contributed by atoms with E-state index in [0.29, 0.717) is 5.56 Å². The highest BCUT2D eigenvalue weighted by Gasteiger charge is 2.07. The van der Waals surface area contributed by atoms with Gasteiger partial charge in [-0.05, 0) is 71.1 Å². The highest BCUT2D eigenvalue weighted by atomic mass is 127. The number of benzene rings is 2. The molecular formula is C15H11IN2O. The van der Waals surface area contributed by atoms with Crippen LogP contribution in [0.1, 0.15) is 10.4 Å². The number of rotatable bonds is 2. The molecule has 0 bridgehead atoms.